The first-order chi connectivity index (χ1) is 25.4. The van der Waals surface area contributed by atoms with E-state index in [-0.39, 0.29) is 21.7 Å². The van der Waals surface area contributed by atoms with Crippen LogP contribution in [0.1, 0.15) is 126 Å². The molecule has 0 aliphatic heterocycles. The van der Waals surface area contributed by atoms with Gasteiger partial charge in [-0.1, -0.05) is 173 Å². The van der Waals surface area contributed by atoms with Crippen molar-refractivity contribution in [2.45, 2.75) is 111 Å². The van der Waals surface area contributed by atoms with Gasteiger partial charge in [0, 0.05) is 21.6 Å². The Morgan fingerprint density at radius 2 is 1.33 bits per heavy atom. The van der Waals surface area contributed by atoms with Gasteiger partial charge in [0.2, 0.25) is 0 Å². The van der Waals surface area contributed by atoms with E-state index in [2.05, 4.69) is 181 Å². The fraction of sp³-hybridized carbons (Fsp3) is 0.321. The van der Waals surface area contributed by atoms with E-state index < -0.39 is 0 Å². The lowest BCUT2D eigenvalue weighted by atomic mass is 9.77. The number of benzene rings is 5. The Balaban J connectivity index is 0.000000171. The summed E-state index contributed by atoms with van der Waals surface area (Å²) >= 11 is 0. The summed E-state index contributed by atoms with van der Waals surface area (Å²) in [6.07, 6.45) is 7.19. The summed E-state index contributed by atoms with van der Waals surface area (Å²) in [4.78, 5) is 0. The average molecular weight is 711 g/mol. The molecule has 1 nitrogen and oxygen atoms in total. The van der Waals surface area contributed by atoms with Crippen molar-refractivity contribution in [1.29, 1.82) is 0 Å². The normalized spacial score (nSPS) is 17.0. The van der Waals surface area contributed by atoms with Crippen LogP contribution in [0.4, 0.5) is 0 Å². The van der Waals surface area contributed by atoms with E-state index in [1.165, 1.54) is 83.1 Å². The van der Waals surface area contributed by atoms with Gasteiger partial charge in [-0.05, 0) is 116 Å². The second-order valence-corrected chi connectivity index (χ2v) is 18.7. The summed E-state index contributed by atoms with van der Waals surface area (Å²) in [7, 11) is 0. The van der Waals surface area contributed by atoms with Crippen LogP contribution in [0.15, 0.2) is 126 Å². The third-order valence-electron chi connectivity index (χ3n) is 12.2. The third-order valence-corrected chi connectivity index (χ3v) is 12.2. The van der Waals surface area contributed by atoms with Crippen molar-refractivity contribution in [2.24, 2.45) is 0 Å². The van der Waals surface area contributed by atoms with E-state index >= 15 is 0 Å². The molecule has 1 heteroatoms. The van der Waals surface area contributed by atoms with Crippen LogP contribution in [-0.2, 0) is 28.1 Å². The number of para-hydroxylation sites is 1. The van der Waals surface area contributed by atoms with Crippen molar-refractivity contribution in [2.75, 3.05) is 0 Å². The molecule has 1 aromatic heterocycles. The van der Waals surface area contributed by atoms with Crippen LogP contribution in [0.3, 0.4) is 0 Å². The summed E-state index contributed by atoms with van der Waals surface area (Å²) < 4.78 is 6.12. The van der Waals surface area contributed by atoms with Gasteiger partial charge < -0.3 is 4.42 Å². The fourth-order valence-electron chi connectivity index (χ4n) is 9.07. The molecular formula is C53H58O. The van der Waals surface area contributed by atoms with Crippen LogP contribution in [0.2, 0.25) is 0 Å². The molecule has 0 atom stereocenters. The maximum absolute atomic E-state index is 6.12. The van der Waals surface area contributed by atoms with Crippen molar-refractivity contribution in [3.63, 3.8) is 0 Å². The highest BCUT2D eigenvalue weighted by atomic mass is 16.3. The zero-order valence-electron chi connectivity index (χ0n) is 34.7. The van der Waals surface area contributed by atoms with Crippen LogP contribution in [0.25, 0.3) is 38.6 Å². The van der Waals surface area contributed by atoms with Gasteiger partial charge in [-0.25, -0.2) is 0 Å². The number of allylic oxidation sites excluding steroid dienone is 5. The van der Waals surface area contributed by atoms with E-state index in [1.54, 1.807) is 0 Å². The molecule has 0 unspecified atom stereocenters. The van der Waals surface area contributed by atoms with E-state index in [4.69, 9.17) is 4.42 Å². The summed E-state index contributed by atoms with van der Waals surface area (Å²) in [5, 5.41) is 2.35. The second-order valence-electron chi connectivity index (χ2n) is 18.7. The maximum atomic E-state index is 6.12. The minimum Gasteiger partial charge on any atom is -0.456 e. The van der Waals surface area contributed by atoms with Gasteiger partial charge >= 0.3 is 0 Å². The quantitative estimate of drug-likeness (QED) is 0.178. The number of hydrogen-bond acceptors (Lipinski definition) is 1. The largest absolute Gasteiger partial charge is 0.456 e. The van der Waals surface area contributed by atoms with Gasteiger partial charge in [-0.3, -0.25) is 0 Å². The molecule has 0 spiro atoms. The Kier molecular flexibility index (Phi) is 9.12. The van der Waals surface area contributed by atoms with E-state index in [1.807, 2.05) is 18.2 Å². The number of hydrogen-bond donors (Lipinski definition) is 0. The Morgan fingerprint density at radius 1 is 0.648 bits per heavy atom. The Bertz CT molecular complexity index is 2510. The molecule has 8 rings (SSSR count). The maximum Gasteiger partial charge on any atom is 0.135 e. The minimum atomic E-state index is -0.00235. The fourth-order valence-corrected chi connectivity index (χ4v) is 9.07. The molecule has 2 aliphatic rings. The standard InChI is InChI=1S/C29H26O.C24H32/c1-5-10-23-24(6-2)29(3,4)25-13-9-11-20(28(23)25)17-19-15-16-22-21-12-7-8-14-26(21)30-27(22)18-19;1-15-12-17(23(5,6)7)14-20-21(15)18-11-10-16(22(2,3)4)13-19(18)24(20,8)9/h5-16,18H,1,17H2,2-4H3;10-14H,1-9H3/b23-10+,24-6+;. The monoisotopic (exact) mass is 710 g/mol. The number of rotatable bonds is 3. The molecule has 0 saturated heterocycles. The lowest BCUT2D eigenvalue weighted by molar-refractivity contribution is 0.580. The lowest BCUT2D eigenvalue weighted by Crippen LogP contribution is -2.19. The molecule has 0 saturated carbocycles. The summed E-state index contributed by atoms with van der Waals surface area (Å²) in [6, 6.07) is 33.6. The highest BCUT2D eigenvalue weighted by Crippen LogP contribution is 2.53. The first-order valence-corrected chi connectivity index (χ1v) is 19.7. The molecule has 0 radical (unpaired) electrons. The third kappa shape index (κ3) is 6.20. The molecular weight excluding hydrogens is 653 g/mol. The van der Waals surface area contributed by atoms with E-state index in [9.17, 15) is 0 Å². The second kappa shape index (κ2) is 13.2. The summed E-state index contributed by atoms with van der Waals surface area (Å²) in [5.74, 6) is 0. The average Bonchev–Trinajstić information content (AvgIpc) is 3.67. The smallest absolute Gasteiger partial charge is 0.135 e. The van der Waals surface area contributed by atoms with Crippen LogP contribution >= 0.6 is 0 Å². The zero-order valence-corrected chi connectivity index (χ0v) is 34.7. The molecule has 0 N–H and O–H groups in total. The summed E-state index contributed by atoms with van der Waals surface area (Å²) in [6.45, 7) is 31.6. The van der Waals surface area contributed by atoms with Gasteiger partial charge in [0.25, 0.3) is 0 Å². The van der Waals surface area contributed by atoms with Crippen molar-refractivity contribution in [3.8, 4) is 11.1 Å². The van der Waals surface area contributed by atoms with Crippen LogP contribution in [0.5, 0.6) is 0 Å². The van der Waals surface area contributed by atoms with Gasteiger partial charge in [0.1, 0.15) is 11.2 Å². The minimum absolute atomic E-state index is 0.00235. The van der Waals surface area contributed by atoms with Gasteiger partial charge in [0.05, 0.1) is 0 Å². The Labute approximate surface area is 324 Å². The van der Waals surface area contributed by atoms with Crippen LogP contribution < -0.4 is 0 Å². The first kappa shape index (κ1) is 37.4. The van der Waals surface area contributed by atoms with Crippen molar-refractivity contribution >= 4 is 27.5 Å². The van der Waals surface area contributed by atoms with Crippen molar-refractivity contribution in [1.82, 2.24) is 0 Å². The molecule has 1 heterocycles. The van der Waals surface area contributed by atoms with Gasteiger partial charge in [0.15, 0.2) is 0 Å². The zero-order chi connectivity index (χ0) is 39.0. The van der Waals surface area contributed by atoms with Crippen molar-refractivity contribution < 1.29 is 4.42 Å². The number of aryl methyl sites for hydroxylation is 1. The predicted molar refractivity (Wildman–Crippen MR) is 234 cm³/mol. The molecule has 0 fully saturated rings. The highest BCUT2D eigenvalue weighted by Gasteiger charge is 2.39. The van der Waals surface area contributed by atoms with Crippen molar-refractivity contribution in [3.05, 3.63) is 171 Å². The predicted octanol–water partition coefficient (Wildman–Crippen LogP) is 14.9. The molecule has 2 aliphatic carbocycles. The highest BCUT2D eigenvalue weighted by molar-refractivity contribution is 6.05. The summed E-state index contributed by atoms with van der Waals surface area (Å²) in [5.41, 5.74) is 20.5. The lowest BCUT2D eigenvalue weighted by Gasteiger charge is -2.27. The van der Waals surface area contributed by atoms with Crippen LogP contribution in [0, 0.1) is 6.92 Å². The van der Waals surface area contributed by atoms with E-state index in [0.717, 1.165) is 17.6 Å². The van der Waals surface area contributed by atoms with E-state index in [0.29, 0.717) is 0 Å². The van der Waals surface area contributed by atoms with Gasteiger partial charge in [-0.15, -0.1) is 0 Å². The Hall–Kier alpha value is -4.88. The van der Waals surface area contributed by atoms with Gasteiger partial charge in [-0.2, -0.15) is 0 Å². The molecule has 276 valence electrons. The SMILES string of the molecule is C=C/C=C1\C(=C/C)C(C)(C)c2cccc(Cc3ccc4c(c3)oc3ccccc34)c21.Cc1cc(C(C)(C)C)cc2c1-c1ccc(C(C)(C)C)cc1C2(C)C. The molecule has 0 amide bonds. The molecule has 54 heavy (non-hydrogen) atoms. The Morgan fingerprint density at radius 3 is 2.02 bits per heavy atom. The molecule has 5 aromatic carbocycles. The molecule has 0 bridgehead atoms. The molecule has 6 aromatic rings. The topological polar surface area (TPSA) is 13.1 Å². The first-order valence-electron chi connectivity index (χ1n) is 19.7. The number of fused-ring (bicyclic) bond motifs is 7. The van der Waals surface area contributed by atoms with Crippen LogP contribution in [-0.4, -0.2) is 0 Å². The number of furan rings is 1.